The van der Waals surface area contributed by atoms with Crippen LogP contribution in [0, 0.1) is 41.5 Å². The second-order valence-corrected chi connectivity index (χ2v) is 8.10. The number of rotatable bonds is 3. The van der Waals surface area contributed by atoms with Crippen molar-refractivity contribution in [2.24, 2.45) is 0 Å². The lowest BCUT2D eigenvalue weighted by molar-refractivity contribution is 0.0412. The highest BCUT2D eigenvalue weighted by Gasteiger charge is 2.38. The van der Waals surface area contributed by atoms with Gasteiger partial charge in [-0.05, 0) is 82.0 Å². The summed E-state index contributed by atoms with van der Waals surface area (Å²) >= 11 is 0. The predicted molar refractivity (Wildman–Crippen MR) is 109 cm³/mol. The number of aliphatic hydroxyl groups excluding tert-OH is 1. The lowest BCUT2D eigenvalue weighted by Crippen LogP contribution is -2.42. The summed E-state index contributed by atoms with van der Waals surface area (Å²) in [7, 11) is 2.01. The Hall–Kier alpha value is -1.68. The zero-order chi connectivity index (χ0) is 19.2. The number of aliphatic hydroxyl groups is 1. The number of aryl methyl sites for hydroxylation is 6. The van der Waals surface area contributed by atoms with Crippen LogP contribution >= 0.6 is 0 Å². The molecule has 1 aliphatic rings. The van der Waals surface area contributed by atoms with Crippen LogP contribution in [0.4, 0.5) is 0 Å². The highest BCUT2D eigenvalue weighted by molar-refractivity contribution is 5.51. The van der Waals surface area contributed by atoms with E-state index in [-0.39, 0.29) is 12.1 Å². The third-order valence-corrected chi connectivity index (χ3v) is 5.83. The molecule has 0 bridgehead atoms. The molecule has 1 unspecified atom stereocenters. The van der Waals surface area contributed by atoms with Gasteiger partial charge >= 0.3 is 0 Å². The van der Waals surface area contributed by atoms with Gasteiger partial charge in [-0.3, -0.25) is 10.2 Å². The van der Waals surface area contributed by atoms with Gasteiger partial charge in [-0.15, -0.1) is 0 Å². The van der Waals surface area contributed by atoms with Crippen molar-refractivity contribution < 1.29 is 5.11 Å². The summed E-state index contributed by atoms with van der Waals surface area (Å²) in [5.74, 6) is 0.179. The molecule has 0 aromatic heterocycles. The van der Waals surface area contributed by atoms with Crippen molar-refractivity contribution in [2.75, 3.05) is 13.6 Å². The Morgan fingerprint density at radius 2 is 1.23 bits per heavy atom. The number of hydrogen-bond donors (Lipinski definition) is 2. The van der Waals surface area contributed by atoms with E-state index in [0.29, 0.717) is 6.54 Å². The van der Waals surface area contributed by atoms with E-state index in [1.54, 1.807) is 0 Å². The fraction of sp³-hybridized carbons (Fsp3) is 0.478. The van der Waals surface area contributed by atoms with Gasteiger partial charge in [0, 0.05) is 12.5 Å². The van der Waals surface area contributed by atoms with Gasteiger partial charge in [0.2, 0.25) is 0 Å². The van der Waals surface area contributed by atoms with Crippen molar-refractivity contribution in [2.45, 2.75) is 59.9 Å². The van der Waals surface area contributed by atoms with E-state index in [9.17, 15) is 5.11 Å². The lowest BCUT2D eigenvalue weighted by atomic mass is 9.78. The number of β-amino-alcohol motifs (C(OH)–C–C–N with tert-alkyl or cyclic N) is 1. The Morgan fingerprint density at radius 3 is 1.54 bits per heavy atom. The first-order chi connectivity index (χ1) is 12.2. The molecule has 0 aliphatic carbocycles. The fourth-order valence-electron chi connectivity index (χ4n) is 4.88. The molecule has 1 aliphatic heterocycles. The minimum absolute atomic E-state index is 0.0743. The van der Waals surface area contributed by atoms with Crippen LogP contribution in [0.15, 0.2) is 24.3 Å². The Morgan fingerprint density at radius 1 is 0.846 bits per heavy atom. The zero-order valence-electron chi connectivity index (χ0n) is 17.1. The fourth-order valence-corrected chi connectivity index (χ4v) is 4.88. The Balaban J connectivity index is 2.26. The van der Waals surface area contributed by atoms with Crippen LogP contribution < -0.4 is 5.32 Å². The second kappa shape index (κ2) is 7.15. The first kappa shape index (κ1) is 19.1. The first-order valence-corrected chi connectivity index (χ1v) is 9.49. The van der Waals surface area contributed by atoms with Gasteiger partial charge in [0.1, 0.15) is 6.23 Å². The van der Waals surface area contributed by atoms with Crippen LogP contribution in [0.25, 0.3) is 0 Å². The van der Waals surface area contributed by atoms with Crippen molar-refractivity contribution in [3.63, 3.8) is 0 Å². The Labute approximate surface area is 158 Å². The van der Waals surface area contributed by atoms with E-state index >= 15 is 0 Å². The highest BCUT2D eigenvalue weighted by Crippen LogP contribution is 2.39. The smallest absolute Gasteiger partial charge is 0.121 e. The van der Waals surface area contributed by atoms with Crippen LogP contribution in [0.3, 0.4) is 0 Å². The number of benzene rings is 2. The van der Waals surface area contributed by atoms with Crippen LogP contribution in [-0.2, 0) is 0 Å². The summed E-state index contributed by atoms with van der Waals surface area (Å²) in [5.41, 5.74) is 10.6. The third kappa shape index (κ3) is 3.32. The number of nitrogens with zero attached hydrogens (tertiary/aromatic N) is 1. The van der Waals surface area contributed by atoms with E-state index < -0.39 is 6.23 Å². The molecule has 0 spiro atoms. The van der Waals surface area contributed by atoms with Gasteiger partial charge in [0.15, 0.2) is 0 Å². The minimum Gasteiger partial charge on any atom is -0.377 e. The maximum atomic E-state index is 10.3. The summed E-state index contributed by atoms with van der Waals surface area (Å²) in [5, 5.41) is 13.9. The molecule has 0 radical (unpaired) electrons. The molecule has 0 amide bonds. The predicted octanol–water partition coefficient (Wildman–Crippen LogP) is 3.85. The molecule has 3 rings (SSSR count). The van der Waals surface area contributed by atoms with Gasteiger partial charge in [-0.1, -0.05) is 35.4 Å². The van der Waals surface area contributed by atoms with E-state index in [0.717, 1.165) is 0 Å². The van der Waals surface area contributed by atoms with Crippen molar-refractivity contribution in [1.29, 1.82) is 0 Å². The molecule has 2 aromatic carbocycles. The van der Waals surface area contributed by atoms with Crippen molar-refractivity contribution in [1.82, 2.24) is 10.2 Å². The molecule has 2 atom stereocenters. The summed E-state index contributed by atoms with van der Waals surface area (Å²) in [6.45, 7) is 13.8. The monoisotopic (exact) mass is 352 g/mol. The average molecular weight is 353 g/mol. The summed E-state index contributed by atoms with van der Waals surface area (Å²) in [6.07, 6.45) is -0.371. The van der Waals surface area contributed by atoms with Crippen LogP contribution in [-0.4, -0.2) is 36.0 Å². The molecule has 26 heavy (non-hydrogen) atoms. The largest absolute Gasteiger partial charge is 0.377 e. The van der Waals surface area contributed by atoms with Gasteiger partial charge < -0.3 is 5.11 Å². The molecular formula is C23H32N2O. The van der Waals surface area contributed by atoms with Gasteiger partial charge in [-0.25, -0.2) is 0 Å². The minimum atomic E-state index is -0.445. The second-order valence-electron chi connectivity index (χ2n) is 8.10. The summed E-state index contributed by atoms with van der Waals surface area (Å²) in [6, 6.07) is 9.11. The Bertz CT molecular complexity index is 723. The topological polar surface area (TPSA) is 35.5 Å². The molecule has 0 saturated carbocycles. The van der Waals surface area contributed by atoms with Crippen LogP contribution in [0.2, 0.25) is 0 Å². The quantitative estimate of drug-likeness (QED) is 0.881. The van der Waals surface area contributed by atoms with Crippen molar-refractivity contribution in [3.8, 4) is 0 Å². The van der Waals surface area contributed by atoms with Crippen molar-refractivity contribution >= 4 is 0 Å². The summed E-state index contributed by atoms with van der Waals surface area (Å²) in [4.78, 5) is 2.07. The maximum absolute atomic E-state index is 10.3. The molecule has 3 nitrogen and oxygen atoms in total. The molecule has 140 valence electrons. The number of hydrogen-bond acceptors (Lipinski definition) is 3. The zero-order valence-corrected chi connectivity index (χ0v) is 17.1. The highest BCUT2D eigenvalue weighted by atomic mass is 16.3. The molecule has 2 N–H and O–H groups in total. The normalized spacial score (nSPS) is 21.0. The summed E-state index contributed by atoms with van der Waals surface area (Å²) < 4.78 is 0. The lowest BCUT2D eigenvalue weighted by Gasteiger charge is -2.34. The Kier molecular flexibility index (Phi) is 5.25. The SMILES string of the molecule is Cc1cc(C)c(C(c2c(C)cc(C)cc2C)[C@H]2NCC(O)N2C)c(C)c1. The molecule has 1 saturated heterocycles. The molecular weight excluding hydrogens is 320 g/mol. The van der Waals surface area contributed by atoms with Crippen LogP contribution in [0.5, 0.6) is 0 Å². The molecule has 1 fully saturated rings. The van der Waals surface area contributed by atoms with Crippen molar-refractivity contribution in [3.05, 3.63) is 68.8 Å². The van der Waals surface area contributed by atoms with Gasteiger partial charge in [0.05, 0.1) is 6.17 Å². The van der Waals surface area contributed by atoms with E-state index in [1.165, 1.54) is 44.5 Å². The standard InChI is InChI=1S/C23H32N2O/c1-13-8-15(3)20(16(4)9-13)22(23-24-12-19(26)25(23)7)21-17(5)10-14(2)11-18(21)6/h8-11,19,22-24,26H,12H2,1-7H3/t19?,23-/m0/s1. The first-order valence-electron chi connectivity index (χ1n) is 9.49. The van der Waals surface area contributed by atoms with Crippen LogP contribution in [0.1, 0.15) is 50.4 Å². The van der Waals surface area contributed by atoms with Gasteiger partial charge in [0.25, 0.3) is 0 Å². The van der Waals surface area contributed by atoms with E-state index in [4.69, 9.17) is 0 Å². The molecule has 2 aromatic rings. The van der Waals surface area contributed by atoms with E-state index in [2.05, 4.69) is 76.0 Å². The number of likely N-dealkylation sites (N-methyl/N-ethyl adjacent to an activating group) is 1. The third-order valence-electron chi connectivity index (χ3n) is 5.83. The van der Waals surface area contributed by atoms with Gasteiger partial charge in [-0.2, -0.15) is 0 Å². The average Bonchev–Trinajstić information content (AvgIpc) is 2.83. The molecule has 3 heteroatoms. The number of nitrogens with one attached hydrogen (secondary N) is 1. The molecule has 1 heterocycles. The van der Waals surface area contributed by atoms with E-state index in [1.807, 2.05) is 7.05 Å². The maximum Gasteiger partial charge on any atom is 0.121 e.